The quantitative estimate of drug-likeness (QED) is 0.687. The standard InChI is InChI=1S/C20H23N5OS/c1-14-4-2-11-25-16(13-23-19(14)25)12-18(26)24-15-5-7-17(8-6-15)27-20-21-9-3-10-22-20/h2-4,9-11,13,15,17H,5-8,12H2,1H3,(H,24,26). The van der Waals surface area contributed by atoms with Gasteiger partial charge in [-0.2, -0.15) is 0 Å². The number of fused-ring (bicyclic) bond motifs is 1. The van der Waals surface area contributed by atoms with Crippen LogP contribution in [0.15, 0.2) is 48.1 Å². The summed E-state index contributed by atoms with van der Waals surface area (Å²) in [7, 11) is 0. The maximum atomic E-state index is 12.5. The predicted molar refractivity (Wildman–Crippen MR) is 106 cm³/mol. The number of pyridine rings is 1. The van der Waals surface area contributed by atoms with Crippen LogP contribution in [-0.2, 0) is 11.2 Å². The van der Waals surface area contributed by atoms with E-state index in [-0.39, 0.29) is 11.9 Å². The van der Waals surface area contributed by atoms with Gasteiger partial charge in [-0.3, -0.25) is 4.79 Å². The fraction of sp³-hybridized carbons (Fsp3) is 0.400. The number of carbonyl (C=O) groups is 1. The molecule has 1 saturated carbocycles. The third-order valence-corrected chi connectivity index (χ3v) is 6.23. The van der Waals surface area contributed by atoms with Gasteiger partial charge in [0.05, 0.1) is 12.1 Å². The smallest absolute Gasteiger partial charge is 0.226 e. The van der Waals surface area contributed by atoms with Crippen molar-refractivity contribution < 1.29 is 4.79 Å². The van der Waals surface area contributed by atoms with E-state index < -0.39 is 0 Å². The Morgan fingerprint density at radius 3 is 2.74 bits per heavy atom. The molecule has 0 aliphatic heterocycles. The molecule has 0 saturated heterocycles. The number of imidazole rings is 1. The molecule has 0 atom stereocenters. The van der Waals surface area contributed by atoms with Gasteiger partial charge in [-0.05, 0) is 50.3 Å². The molecule has 1 N–H and O–H groups in total. The minimum Gasteiger partial charge on any atom is -0.353 e. The summed E-state index contributed by atoms with van der Waals surface area (Å²) in [6, 6.07) is 6.11. The van der Waals surface area contributed by atoms with Crippen LogP contribution in [0.4, 0.5) is 0 Å². The highest BCUT2D eigenvalue weighted by Crippen LogP contribution is 2.31. The van der Waals surface area contributed by atoms with E-state index in [4.69, 9.17) is 0 Å². The Morgan fingerprint density at radius 1 is 1.19 bits per heavy atom. The fourth-order valence-electron chi connectivity index (χ4n) is 3.60. The zero-order valence-corrected chi connectivity index (χ0v) is 16.2. The minimum atomic E-state index is 0.0702. The lowest BCUT2D eigenvalue weighted by atomic mass is 9.95. The predicted octanol–water partition coefficient (Wildman–Crippen LogP) is 3.19. The molecule has 6 nitrogen and oxygen atoms in total. The molecule has 27 heavy (non-hydrogen) atoms. The molecule has 1 aliphatic carbocycles. The zero-order valence-electron chi connectivity index (χ0n) is 15.3. The Hall–Kier alpha value is -2.41. The van der Waals surface area contributed by atoms with Crippen molar-refractivity contribution in [1.82, 2.24) is 24.7 Å². The largest absolute Gasteiger partial charge is 0.353 e. The van der Waals surface area contributed by atoms with E-state index >= 15 is 0 Å². The number of aromatic nitrogens is 4. The molecule has 3 aromatic rings. The first kappa shape index (κ1) is 18.0. The Kier molecular flexibility index (Phi) is 5.38. The number of aryl methyl sites for hydroxylation is 1. The molecule has 0 bridgehead atoms. The van der Waals surface area contributed by atoms with Crippen LogP contribution < -0.4 is 5.32 Å². The summed E-state index contributed by atoms with van der Waals surface area (Å²) in [5.41, 5.74) is 2.96. The zero-order chi connectivity index (χ0) is 18.6. The van der Waals surface area contributed by atoms with Crippen molar-refractivity contribution in [3.8, 4) is 0 Å². The number of amides is 1. The van der Waals surface area contributed by atoms with Gasteiger partial charge in [0.2, 0.25) is 5.91 Å². The SMILES string of the molecule is Cc1cccn2c(CC(=O)NC3CCC(Sc4ncccn4)CC3)cnc12. The maximum Gasteiger partial charge on any atom is 0.226 e. The second-order valence-electron chi connectivity index (χ2n) is 7.00. The second-order valence-corrected chi connectivity index (χ2v) is 8.27. The van der Waals surface area contributed by atoms with Gasteiger partial charge in [-0.1, -0.05) is 17.8 Å². The third kappa shape index (κ3) is 4.30. The van der Waals surface area contributed by atoms with E-state index in [2.05, 4.69) is 20.3 Å². The van der Waals surface area contributed by atoms with Gasteiger partial charge in [-0.15, -0.1) is 0 Å². The van der Waals surface area contributed by atoms with Crippen LogP contribution in [0.3, 0.4) is 0 Å². The van der Waals surface area contributed by atoms with Gasteiger partial charge in [0.15, 0.2) is 5.16 Å². The highest BCUT2D eigenvalue weighted by Gasteiger charge is 2.24. The second kappa shape index (κ2) is 8.08. The van der Waals surface area contributed by atoms with Crippen molar-refractivity contribution in [3.05, 3.63) is 54.2 Å². The van der Waals surface area contributed by atoms with Crippen LogP contribution in [0.5, 0.6) is 0 Å². The van der Waals surface area contributed by atoms with Crippen LogP contribution in [-0.4, -0.2) is 36.6 Å². The monoisotopic (exact) mass is 381 g/mol. The normalized spacial score (nSPS) is 19.9. The lowest BCUT2D eigenvalue weighted by molar-refractivity contribution is -0.121. The first-order valence-electron chi connectivity index (χ1n) is 9.33. The number of hydrogen-bond acceptors (Lipinski definition) is 5. The summed E-state index contributed by atoms with van der Waals surface area (Å²) in [4.78, 5) is 25.5. The maximum absolute atomic E-state index is 12.5. The first-order chi connectivity index (χ1) is 13.2. The van der Waals surface area contributed by atoms with Crippen LogP contribution in [0.1, 0.15) is 36.9 Å². The van der Waals surface area contributed by atoms with Crippen molar-refractivity contribution in [2.75, 3.05) is 0 Å². The highest BCUT2D eigenvalue weighted by molar-refractivity contribution is 7.99. The highest BCUT2D eigenvalue weighted by atomic mass is 32.2. The van der Waals surface area contributed by atoms with E-state index in [1.54, 1.807) is 30.4 Å². The van der Waals surface area contributed by atoms with Gasteiger partial charge in [0, 0.05) is 36.1 Å². The summed E-state index contributed by atoms with van der Waals surface area (Å²) in [5.74, 6) is 0.0702. The molecule has 0 radical (unpaired) electrons. The van der Waals surface area contributed by atoms with Crippen molar-refractivity contribution in [2.45, 2.75) is 55.5 Å². The van der Waals surface area contributed by atoms with Crippen molar-refractivity contribution in [1.29, 1.82) is 0 Å². The fourth-order valence-corrected chi connectivity index (χ4v) is 4.65. The molecule has 1 amide bonds. The third-order valence-electron chi connectivity index (χ3n) is 5.00. The van der Waals surface area contributed by atoms with Crippen molar-refractivity contribution in [3.63, 3.8) is 0 Å². The Morgan fingerprint density at radius 2 is 1.96 bits per heavy atom. The summed E-state index contributed by atoms with van der Waals surface area (Å²) >= 11 is 1.75. The van der Waals surface area contributed by atoms with Crippen LogP contribution in [0.2, 0.25) is 0 Å². The summed E-state index contributed by atoms with van der Waals surface area (Å²) < 4.78 is 2.00. The molecule has 1 aliphatic rings. The minimum absolute atomic E-state index is 0.0702. The lowest BCUT2D eigenvalue weighted by Gasteiger charge is -2.28. The van der Waals surface area contributed by atoms with Gasteiger partial charge in [0.25, 0.3) is 0 Å². The number of carbonyl (C=O) groups excluding carboxylic acids is 1. The van der Waals surface area contributed by atoms with E-state index in [0.717, 1.165) is 47.7 Å². The average Bonchev–Trinajstić information content (AvgIpc) is 3.08. The molecule has 1 fully saturated rings. The van der Waals surface area contributed by atoms with Gasteiger partial charge in [-0.25, -0.2) is 15.0 Å². The van der Waals surface area contributed by atoms with Crippen molar-refractivity contribution in [2.24, 2.45) is 0 Å². The summed E-state index contributed by atoms with van der Waals surface area (Å²) in [6.07, 6.45) is 11.8. The molecule has 4 rings (SSSR count). The summed E-state index contributed by atoms with van der Waals surface area (Å²) in [5, 5.41) is 4.57. The number of nitrogens with zero attached hydrogens (tertiary/aromatic N) is 4. The van der Waals surface area contributed by atoms with E-state index in [9.17, 15) is 4.79 Å². The van der Waals surface area contributed by atoms with Crippen LogP contribution in [0.25, 0.3) is 5.65 Å². The number of rotatable bonds is 5. The van der Waals surface area contributed by atoms with Gasteiger partial charge < -0.3 is 9.72 Å². The van der Waals surface area contributed by atoms with Crippen LogP contribution >= 0.6 is 11.8 Å². The lowest BCUT2D eigenvalue weighted by Crippen LogP contribution is -2.39. The molecular formula is C20H23N5OS. The Labute approximate surface area is 162 Å². The molecule has 140 valence electrons. The number of thioether (sulfide) groups is 1. The average molecular weight is 382 g/mol. The molecule has 0 spiro atoms. The number of hydrogen-bond donors (Lipinski definition) is 1. The van der Waals surface area contributed by atoms with Crippen molar-refractivity contribution >= 4 is 23.3 Å². The topological polar surface area (TPSA) is 72.2 Å². The Balaban J connectivity index is 1.28. The first-order valence-corrected chi connectivity index (χ1v) is 10.2. The van der Waals surface area contributed by atoms with E-state index in [1.807, 2.05) is 35.7 Å². The van der Waals surface area contributed by atoms with E-state index in [0.29, 0.717) is 11.7 Å². The molecule has 3 heterocycles. The molecule has 3 aromatic heterocycles. The molecular weight excluding hydrogens is 358 g/mol. The van der Waals surface area contributed by atoms with Gasteiger partial charge in [0.1, 0.15) is 5.65 Å². The number of nitrogens with one attached hydrogen (secondary N) is 1. The Bertz CT molecular complexity index is 919. The van der Waals surface area contributed by atoms with E-state index in [1.165, 1.54) is 0 Å². The van der Waals surface area contributed by atoms with Crippen LogP contribution in [0, 0.1) is 6.92 Å². The summed E-state index contributed by atoms with van der Waals surface area (Å²) in [6.45, 7) is 2.03. The van der Waals surface area contributed by atoms with Gasteiger partial charge >= 0.3 is 0 Å². The molecule has 7 heteroatoms. The molecule has 0 aromatic carbocycles. The molecule has 0 unspecified atom stereocenters.